The van der Waals surface area contributed by atoms with Gasteiger partial charge in [0.1, 0.15) is 0 Å². The van der Waals surface area contributed by atoms with Gasteiger partial charge in [-0.3, -0.25) is 9.59 Å². The van der Waals surface area contributed by atoms with Gasteiger partial charge in [0.05, 0.1) is 20.1 Å². The number of carbonyl (C=O) groups is 2. The average Bonchev–Trinajstić information content (AvgIpc) is 3.48. The van der Waals surface area contributed by atoms with Crippen LogP contribution in [0.3, 0.4) is 0 Å². The van der Waals surface area contributed by atoms with Crippen LogP contribution in [-0.2, 0) is 16.0 Å². The summed E-state index contributed by atoms with van der Waals surface area (Å²) in [5.74, 6) is 2.03. The van der Waals surface area contributed by atoms with E-state index in [9.17, 15) is 9.59 Å². The van der Waals surface area contributed by atoms with Gasteiger partial charge in [0.25, 0.3) is 0 Å². The molecule has 0 N–H and O–H groups in total. The van der Waals surface area contributed by atoms with Crippen molar-refractivity contribution in [3.8, 4) is 11.5 Å². The lowest BCUT2D eigenvalue weighted by Gasteiger charge is -2.26. The van der Waals surface area contributed by atoms with E-state index < -0.39 is 0 Å². The van der Waals surface area contributed by atoms with Crippen LogP contribution in [-0.4, -0.2) is 61.5 Å². The zero-order valence-corrected chi connectivity index (χ0v) is 18.1. The molecule has 1 aromatic carbocycles. The van der Waals surface area contributed by atoms with Gasteiger partial charge in [0.2, 0.25) is 11.8 Å². The second-order valence-electron chi connectivity index (χ2n) is 8.63. The average molecular weight is 403 g/mol. The number of hydrogen-bond acceptors (Lipinski definition) is 4. The van der Waals surface area contributed by atoms with E-state index in [0.717, 1.165) is 37.8 Å². The van der Waals surface area contributed by atoms with E-state index in [0.29, 0.717) is 43.0 Å². The van der Waals surface area contributed by atoms with E-state index in [1.165, 1.54) is 0 Å². The molecule has 1 heterocycles. The molecule has 6 nitrogen and oxygen atoms in total. The van der Waals surface area contributed by atoms with Gasteiger partial charge in [-0.1, -0.05) is 19.9 Å². The lowest BCUT2D eigenvalue weighted by atomic mass is 10.1. The van der Waals surface area contributed by atoms with Crippen LogP contribution in [0.2, 0.25) is 0 Å². The second kappa shape index (κ2) is 9.51. The van der Waals surface area contributed by atoms with Gasteiger partial charge in [-0.25, -0.2) is 0 Å². The Morgan fingerprint density at radius 3 is 2.55 bits per heavy atom. The summed E-state index contributed by atoms with van der Waals surface area (Å²) in [6, 6.07) is 6.22. The van der Waals surface area contributed by atoms with Crippen LogP contribution in [0.4, 0.5) is 0 Å². The number of nitrogens with zero attached hydrogens (tertiary/aromatic N) is 2. The Kier molecular flexibility index (Phi) is 7.04. The summed E-state index contributed by atoms with van der Waals surface area (Å²) in [5.41, 5.74) is 1.08. The maximum Gasteiger partial charge on any atom is 0.228 e. The SMILES string of the molecule is COc1ccc(CCN2C[C@H](C(=O)N(CCC(C)C)C3CC3)CC2=O)cc1OC. The van der Waals surface area contributed by atoms with Crippen molar-refractivity contribution in [2.45, 2.75) is 52.0 Å². The Bertz CT molecular complexity index is 730. The smallest absolute Gasteiger partial charge is 0.228 e. The first-order chi connectivity index (χ1) is 13.9. The predicted octanol–water partition coefficient (Wildman–Crippen LogP) is 3.13. The summed E-state index contributed by atoms with van der Waals surface area (Å²) in [6.07, 6.45) is 4.30. The molecule has 2 fully saturated rings. The highest BCUT2D eigenvalue weighted by Gasteiger charge is 2.40. The monoisotopic (exact) mass is 402 g/mol. The maximum atomic E-state index is 13.1. The van der Waals surface area contributed by atoms with Crippen molar-refractivity contribution >= 4 is 11.8 Å². The number of hydrogen-bond donors (Lipinski definition) is 0. The predicted molar refractivity (Wildman–Crippen MR) is 112 cm³/mol. The molecule has 1 aliphatic carbocycles. The van der Waals surface area contributed by atoms with Crippen LogP contribution < -0.4 is 9.47 Å². The van der Waals surface area contributed by atoms with Crippen LogP contribution in [0, 0.1) is 11.8 Å². The molecule has 0 bridgehead atoms. The molecule has 3 rings (SSSR count). The van der Waals surface area contributed by atoms with Crippen molar-refractivity contribution in [2.75, 3.05) is 33.9 Å². The summed E-state index contributed by atoms with van der Waals surface area (Å²) < 4.78 is 10.6. The van der Waals surface area contributed by atoms with Gasteiger partial charge in [-0.05, 0) is 49.3 Å². The first-order valence-corrected chi connectivity index (χ1v) is 10.7. The van der Waals surface area contributed by atoms with Crippen molar-refractivity contribution in [1.29, 1.82) is 0 Å². The largest absolute Gasteiger partial charge is 0.493 e. The molecule has 29 heavy (non-hydrogen) atoms. The molecule has 2 amide bonds. The Morgan fingerprint density at radius 1 is 1.21 bits per heavy atom. The van der Waals surface area contributed by atoms with Crippen molar-refractivity contribution in [1.82, 2.24) is 9.80 Å². The highest BCUT2D eigenvalue weighted by Crippen LogP contribution is 2.31. The molecule has 2 aliphatic rings. The number of likely N-dealkylation sites (tertiary alicyclic amines) is 1. The lowest BCUT2D eigenvalue weighted by Crippen LogP contribution is -2.40. The van der Waals surface area contributed by atoms with Gasteiger partial charge in [-0.15, -0.1) is 0 Å². The van der Waals surface area contributed by atoms with E-state index in [4.69, 9.17) is 9.47 Å². The van der Waals surface area contributed by atoms with Gasteiger partial charge < -0.3 is 19.3 Å². The van der Waals surface area contributed by atoms with Crippen LogP contribution in [0.25, 0.3) is 0 Å². The zero-order valence-electron chi connectivity index (χ0n) is 18.1. The summed E-state index contributed by atoms with van der Waals surface area (Å²) in [7, 11) is 3.23. The van der Waals surface area contributed by atoms with Crippen molar-refractivity contribution < 1.29 is 19.1 Å². The molecule has 1 saturated carbocycles. The van der Waals surface area contributed by atoms with Gasteiger partial charge in [-0.2, -0.15) is 0 Å². The third-order valence-electron chi connectivity index (χ3n) is 5.90. The Labute approximate surface area is 174 Å². The van der Waals surface area contributed by atoms with E-state index in [-0.39, 0.29) is 17.7 Å². The third kappa shape index (κ3) is 5.43. The van der Waals surface area contributed by atoms with Crippen LogP contribution in [0.1, 0.15) is 45.1 Å². The summed E-state index contributed by atoms with van der Waals surface area (Å²) >= 11 is 0. The molecule has 1 atom stereocenters. The topological polar surface area (TPSA) is 59.1 Å². The highest BCUT2D eigenvalue weighted by molar-refractivity contribution is 5.89. The first kappa shape index (κ1) is 21.5. The molecule has 1 aromatic rings. The van der Waals surface area contributed by atoms with Crippen molar-refractivity contribution in [3.63, 3.8) is 0 Å². The number of ether oxygens (including phenoxy) is 2. The van der Waals surface area contributed by atoms with Gasteiger partial charge in [0.15, 0.2) is 11.5 Å². The molecule has 160 valence electrons. The number of amides is 2. The summed E-state index contributed by atoms with van der Waals surface area (Å²) in [6.45, 7) is 6.34. The first-order valence-electron chi connectivity index (χ1n) is 10.7. The Morgan fingerprint density at radius 2 is 1.93 bits per heavy atom. The van der Waals surface area contributed by atoms with Gasteiger partial charge in [0, 0.05) is 32.1 Å². The number of rotatable bonds is 10. The minimum atomic E-state index is -0.194. The summed E-state index contributed by atoms with van der Waals surface area (Å²) in [5, 5.41) is 0. The minimum Gasteiger partial charge on any atom is -0.493 e. The fraction of sp³-hybridized carbons (Fsp3) is 0.652. The van der Waals surface area contributed by atoms with E-state index in [1.807, 2.05) is 23.1 Å². The van der Waals surface area contributed by atoms with E-state index in [2.05, 4.69) is 18.7 Å². The molecule has 0 radical (unpaired) electrons. The molecular formula is C23H34N2O4. The molecule has 0 aromatic heterocycles. The standard InChI is InChI=1S/C23H34N2O4/c1-16(2)9-12-25(19-6-7-19)23(27)18-14-22(26)24(15-18)11-10-17-5-8-20(28-3)21(13-17)29-4/h5,8,13,16,18-19H,6-7,9-12,14-15H2,1-4H3/t18-/m1/s1. The van der Waals surface area contributed by atoms with Crippen LogP contribution in [0.15, 0.2) is 18.2 Å². The number of methoxy groups -OCH3 is 2. The fourth-order valence-electron chi connectivity index (χ4n) is 3.94. The van der Waals surface area contributed by atoms with Crippen molar-refractivity contribution in [2.24, 2.45) is 11.8 Å². The molecule has 0 unspecified atom stereocenters. The quantitative estimate of drug-likeness (QED) is 0.603. The molecule has 1 saturated heterocycles. The van der Waals surface area contributed by atoms with Crippen LogP contribution in [0.5, 0.6) is 11.5 Å². The fourth-order valence-corrected chi connectivity index (χ4v) is 3.94. The Hall–Kier alpha value is -2.24. The molecule has 6 heteroatoms. The highest BCUT2D eigenvalue weighted by atomic mass is 16.5. The summed E-state index contributed by atoms with van der Waals surface area (Å²) in [4.78, 5) is 29.5. The van der Waals surface area contributed by atoms with E-state index in [1.54, 1.807) is 14.2 Å². The zero-order chi connectivity index (χ0) is 21.0. The Balaban J connectivity index is 1.56. The van der Waals surface area contributed by atoms with Gasteiger partial charge >= 0.3 is 0 Å². The number of benzene rings is 1. The molecule has 0 spiro atoms. The number of carbonyl (C=O) groups excluding carboxylic acids is 2. The van der Waals surface area contributed by atoms with E-state index >= 15 is 0 Å². The second-order valence-corrected chi connectivity index (χ2v) is 8.63. The minimum absolute atomic E-state index is 0.0865. The molecular weight excluding hydrogens is 368 g/mol. The third-order valence-corrected chi connectivity index (χ3v) is 5.90. The normalized spacial score (nSPS) is 19.0. The molecule has 1 aliphatic heterocycles. The van der Waals surface area contributed by atoms with Crippen molar-refractivity contribution in [3.05, 3.63) is 23.8 Å². The maximum absolute atomic E-state index is 13.1. The van der Waals surface area contributed by atoms with Crippen LogP contribution >= 0.6 is 0 Å². The lowest BCUT2D eigenvalue weighted by molar-refractivity contribution is -0.136.